The number of nitrogens with one attached hydrogen (secondary N) is 2. The van der Waals surface area contributed by atoms with Gasteiger partial charge in [-0.2, -0.15) is 0 Å². The Hall–Kier alpha value is -3.06. The first-order chi connectivity index (χ1) is 13.1. The van der Waals surface area contributed by atoms with Crippen molar-refractivity contribution in [3.05, 3.63) is 59.2 Å². The molecule has 1 heterocycles. The smallest absolute Gasteiger partial charge is 0.322 e. The van der Waals surface area contributed by atoms with Crippen LogP contribution < -0.4 is 20.4 Å². The van der Waals surface area contributed by atoms with Crippen LogP contribution in [0.25, 0.3) is 0 Å². The molecule has 0 spiro atoms. The third-order valence-electron chi connectivity index (χ3n) is 4.46. The lowest BCUT2D eigenvalue weighted by atomic mass is 10.00. The Balaban J connectivity index is 1.49. The molecule has 0 fully saturated rings. The maximum atomic E-state index is 12.5. The quantitative estimate of drug-likeness (QED) is 0.429. The van der Waals surface area contributed by atoms with E-state index < -0.39 is 5.91 Å². The van der Waals surface area contributed by atoms with E-state index in [-0.39, 0.29) is 6.03 Å². The lowest BCUT2D eigenvalue weighted by molar-refractivity contribution is 0.0706. The molecule has 27 heavy (non-hydrogen) atoms. The average Bonchev–Trinajstić information content (AvgIpc) is 2.70. The van der Waals surface area contributed by atoms with E-state index in [4.69, 9.17) is 9.94 Å². The number of carbonyl (C=O) groups is 2. The molecule has 2 aromatic rings. The van der Waals surface area contributed by atoms with E-state index in [9.17, 15) is 9.59 Å². The lowest BCUT2D eigenvalue weighted by Crippen LogP contribution is -2.44. The molecule has 142 valence electrons. The largest absolute Gasteiger partial charge is 0.492 e. The molecule has 2 aromatic carbocycles. The minimum Gasteiger partial charge on any atom is -0.492 e. The molecule has 0 unspecified atom stereocenters. The Morgan fingerprint density at radius 3 is 2.70 bits per heavy atom. The van der Waals surface area contributed by atoms with Gasteiger partial charge in [-0.25, -0.2) is 10.3 Å². The first-order valence-corrected chi connectivity index (χ1v) is 8.90. The summed E-state index contributed by atoms with van der Waals surface area (Å²) in [4.78, 5) is 25.5. The fourth-order valence-corrected chi connectivity index (χ4v) is 3.13. The molecular formula is C20H23N3O4. The van der Waals surface area contributed by atoms with Crippen molar-refractivity contribution in [2.24, 2.45) is 0 Å². The number of carbonyl (C=O) groups excluding carboxylic acids is 2. The number of fused-ring (bicyclic) bond motifs is 1. The van der Waals surface area contributed by atoms with E-state index in [0.29, 0.717) is 31.0 Å². The average molecular weight is 369 g/mol. The monoisotopic (exact) mass is 369 g/mol. The third kappa shape index (κ3) is 4.57. The van der Waals surface area contributed by atoms with Gasteiger partial charge in [0.1, 0.15) is 12.4 Å². The molecule has 1 aliphatic heterocycles. The van der Waals surface area contributed by atoms with E-state index >= 15 is 0 Å². The topological polar surface area (TPSA) is 90.9 Å². The molecule has 0 saturated carbocycles. The molecule has 0 aromatic heterocycles. The summed E-state index contributed by atoms with van der Waals surface area (Å²) in [5.74, 6) is 0.00310. The van der Waals surface area contributed by atoms with Crippen molar-refractivity contribution in [2.45, 2.75) is 19.8 Å². The number of aryl methyl sites for hydroxylation is 2. The number of hydrogen-bond donors (Lipinski definition) is 3. The highest BCUT2D eigenvalue weighted by atomic mass is 16.5. The summed E-state index contributed by atoms with van der Waals surface area (Å²) in [5, 5.41) is 11.5. The summed E-state index contributed by atoms with van der Waals surface area (Å²) in [7, 11) is 0. The molecule has 0 aliphatic carbocycles. The van der Waals surface area contributed by atoms with Crippen LogP contribution in [0.5, 0.6) is 5.75 Å². The van der Waals surface area contributed by atoms with Crippen LogP contribution in [0.1, 0.15) is 27.9 Å². The lowest BCUT2D eigenvalue weighted by Gasteiger charge is -2.29. The van der Waals surface area contributed by atoms with E-state index in [1.165, 1.54) is 11.1 Å². The summed E-state index contributed by atoms with van der Waals surface area (Å²) < 4.78 is 5.57. The van der Waals surface area contributed by atoms with Gasteiger partial charge in [0.05, 0.1) is 6.54 Å². The number of benzene rings is 2. The van der Waals surface area contributed by atoms with E-state index in [2.05, 4.69) is 18.3 Å². The van der Waals surface area contributed by atoms with Crippen molar-refractivity contribution in [3.63, 3.8) is 0 Å². The first kappa shape index (κ1) is 18.7. The molecule has 7 heteroatoms. The zero-order chi connectivity index (χ0) is 19.2. The molecule has 1 aliphatic rings. The van der Waals surface area contributed by atoms with Gasteiger partial charge in [0.15, 0.2) is 0 Å². The third-order valence-corrected chi connectivity index (χ3v) is 4.46. The molecule has 0 saturated heterocycles. The Kier molecular flexibility index (Phi) is 5.93. The van der Waals surface area contributed by atoms with Crippen molar-refractivity contribution >= 4 is 17.6 Å². The van der Waals surface area contributed by atoms with Gasteiger partial charge in [0.2, 0.25) is 0 Å². The number of rotatable bonds is 5. The number of hydrogen-bond acceptors (Lipinski definition) is 4. The summed E-state index contributed by atoms with van der Waals surface area (Å²) in [6, 6.07) is 12.4. The van der Waals surface area contributed by atoms with Crippen LogP contribution >= 0.6 is 0 Å². The predicted octanol–water partition coefficient (Wildman–Crippen LogP) is 2.66. The molecule has 3 amide bonds. The van der Waals surface area contributed by atoms with E-state index in [1.54, 1.807) is 34.6 Å². The molecule has 3 rings (SSSR count). The zero-order valence-corrected chi connectivity index (χ0v) is 15.2. The second-order valence-corrected chi connectivity index (χ2v) is 6.43. The van der Waals surface area contributed by atoms with Crippen molar-refractivity contribution < 1.29 is 19.5 Å². The molecular weight excluding hydrogens is 346 g/mol. The van der Waals surface area contributed by atoms with Crippen LogP contribution in [-0.2, 0) is 6.42 Å². The van der Waals surface area contributed by atoms with Crippen molar-refractivity contribution in [2.75, 3.05) is 24.6 Å². The Morgan fingerprint density at radius 1 is 1.19 bits per heavy atom. The summed E-state index contributed by atoms with van der Waals surface area (Å²) in [6.45, 7) is 3.44. The van der Waals surface area contributed by atoms with E-state index in [1.807, 2.05) is 12.1 Å². The van der Waals surface area contributed by atoms with Crippen LogP contribution in [0.4, 0.5) is 10.5 Å². The fraction of sp³-hybridized carbons (Fsp3) is 0.300. The Bertz CT molecular complexity index is 820. The SMILES string of the molecule is Cc1ccc2c(c1)CCCN2C(=O)NCCOc1ccc(C(=O)NO)cc1. The molecule has 7 nitrogen and oxygen atoms in total. The maximum absolute atomic E-state index is 12.5. The van der Waals surface area contributed by atoms with Crippen LogP contribution in [0, 0.1) is 6.92 Å². The zero-order valence-electron chi connectivity index (χ0n) is 15.2. The maximum Gasteiger partial charge on any atom is 0.322 e. The van der Waals surface area contributed by atoms with Crippen LogP contribution in [0.15, 0.2) is 42.5 Å². The fourth-order valence-electron chi connectivity index (χ4n) is 3.13. The second-order valence-electron chi connectivity index (χ2n) is 6.43. The van der Waals surface area contributed by atoms with Gasteiger partial charge >= 0.3 is 6.03 Å². The van der Waals surface area contributed by atoms with Gasteiger partial charge in [-0.15, -0.1) is 0 Å². The van der Waals surface area contributed by atoms with Crippen LogP contribution in [-0.4, -0.2) is 36.8 Å². The van der Waals surface area contributed by atoms with Crippen molar-refractivity contribution in [1.82, 2.24) is 10.8 Å². The van der Waals surface area contributed by atoms with Gasteiger partial charge in [-0.1, -0.05) is 17.7 Å². The second kappa shape index (κ2) is 8.55. The number of urea groups is 1. The Morgan fingerprint density at radius 2 is 1.96 bits per heavy atom. The summed E-state index contributed by atoms with van der Waals surface area (Å²) >= 11 is 0. The minimum absolute atomic E-state index is 0.127. The van der Waals surface area contributed by atoms with Crippen LogP contribution in [0.3, 0.4) is 0 Å². The first-order valence-electron chi connectivity index (χ1n) is 8.90. The van der Waals surface area contributed by atoms with E-state index in [0.717, 1.165) is 18.5 Å². The number of ether oxygens (including phenoxy) is 1. The predicted molar refractivity (Wildman–Crippen MR) is 101 cm³/mol. The van der Waals surface area contributed by atoms with Gasteiger partial charge < -0.3 is 10.1 Å². The normalized spacial score (nSPS) is 12.9. The molecule has 3 N–H and O–H groups in total. The summed E-state index contributed by atoms with van der Waals surface area (Å²) in [6.07, 6.45) is 1.95. The number of hydroxylamine groups is 1. The number of anilines is 1. The highest BCUT2D eigenvalue weighted by Gasteiger charge is 2.22. The van der Waals surface area contributed by atoms with Crippen molar-refractivity contribution in [1.29, 1.82) is 0 Å². The van der Waals surface area contributed by atoms with Gasteiger partial charge in [0.25, 0.3) is 5.91 Å². The van der Waals surface area contributed by atoms with Gasteiger partial charge in [-0.05, 0) is 55.7 Å². The number of nitrogens with zero attached hydrogens (tertiary/aromatic N) is 1. The minimum atomic E-state index is -0.578. The van der Waals surface area contributed by atoms with Crippen molar-refractivity contribution in [3.8, 4) is 5.75 Å². The molecule has 0 bridgehead atoms. The molecule has 0 radical (unpaired) electrons. The standard InChI is InChI=1S/C20H23N3O4/c1-14-4-9-18-16(13-14)3-2-11-23(18)20(25)21-10-12-27-17-7-5-15(6-8-17)19(24)22-26/h4-9,13,26H,2-3,10-12H2,1H3,(H,21,25)(H,22,24). The number of amides is 3. The van der Waals surface area contributed by atoms with Gasteiger partial charge in [-0.3, -0.25) is 14.9 Å². The van der Waals surface area contributed by atoms with Gasteiger partial charge in [0, 0.05) is 17.8 Å². The highest BCUT2D eigenvalue weighted by Crippen LogP contribution is 2.27. The molecule has 0 atom stereocenters. The highest BCUT2D eigenvalue weighted by molar-refractivity contribution is 5.93. The van der Waals surface area contributed by atoms with Crippen LogP contribution in [0.2, 0.25) is 0 Å². The Labute approximate surface area is 157 Å². The summed E-state index contributed by atoms with van der Waals surface area (Å²) in [5.41, 5.74) is 5.29.